The van der Waals surface area contributed by atoms with Crippen LogP contribution in [0, 0.1) is 23.6 Å². The molecule has 4 saturated carbocycles. The number of hydrazone groups is 1. The van der Waals surface area contributed by atoms with Gasteiger partial charge in [0.25, 0.3) is 0 Å². The van der Waals surface area contributed by atoms with E-state index in [1.807, 2.05) is 6.21 Å². The molecule has 4 bridgehead atoms. The molecule has 4 fully saturated rings. The summed E-state index contributed by atoms with van der Waals surface area (Å²) in [6.07, 6.45) is 12.2. The smallest absolute Gasteiger partial charge is 0.0788 e. The highest BCUT2D eigenvalue weighted by Gasteiger charge is 2.56. The first-order valence-electron chi connectivity index (χ1n) is 6.68. The Balaban J connectivity index is 1.77. The molecule has 1 aliphatic heterocycles. The number of nitrogens with one attached hydrogen (secondary N) is 1. The van der Waals surface area contributed by atoms with Crippen molar-refractivity contribution in [1.82, 2.24) is 5.43 Å². The molecule has 4 aliphatic carbocycles. The summed E-state index contributed by atoms with van der Waals surface area (Å²) in [6, 6.07) is 0. The maximum atomic E-state index is 8.52. The van der Waals surface area contributed by atoms with Gasteiger partial charge in [-0.2, -0.15) is 5.10 Å². The minimum absolute atomic E-state index is 0.0988. The Morgan fingerprint density at radius 3 is 2.60 bits per heavy atom. The first-order chi connectivity index (χ1) is 7.70. The SMILES string of the molecule is [3H]C12CC3CC(C1)C1(C=CC=NN1)C(C3)C2. The Morgan fingerprint density at radius 1 is 1.20 bits per heavy atom. The minimum atomic E-state index is -0.0988. The van der Waals surface area contributed by atoms with Crippen LogP contribution in [0.4, 0.5) is 0 Å². The van der Waals surface area contributed by atoms with Gasteiger partial charge in [-0.3, -0.25) is 5.43 Å². The summed E-state index contributed by atoms with van der Waals surface area (Å²) in [7, 11) is 0. The summed E-state index contributed by atoms with van der Waals surface area (Å²) in [5.74, 6) is 2.01. The third-order valence-corrected chi connectivity index (χ3v) is 5.03. The van der Waals surface area contributed by atoms with E-state index >= 15 is 0 Å². The Morgan fingerprint density at radius 2 is 2.00 bits per heavy atom. The molecule has 0 amide bonds. The molecule has 0 radical (unpaired) electrons. The first kappa shape index (κ1) is 7.48. The number of allylic oxidation sites excluding steroid dienone is 1. The molecule has 15 heavy (non-hydrogen) atoms. The summed E-state index contributed by atoms with van der Waals surface area (Å²) in [5.41, 5.74) is 3.50. The quantitative estimate of drug-likeness (QED) is 0.643. The van der Waals surface area contributed by atoms with E-state index in [-0.39, 0.29) is 11.4 Å². The van der Waals surface area contributed by atoms with Gasteiger partial charge in [0, 0.05) is 7.59 Å². The maximum Gasteiger partial charge on any atom is 0.0788 e. The Labute approximate surface area is 92.2 Å². The number of rotatable bonds is 0. The number of hydrogen-bond acceptors (Lipinski definition) is 2. The molecule has 5 aliphatic rings. The average molecular weight is 204 g/mol. The van der Waals surface area contributed by atoms with Crippen LogP contribution in [0.2, 0.25) is 0 Å². The van der Waals surface area contributed by atoms with Crippen molar-refractivity contribution in [2.75, 3.05) is 0 Å². The van der Waals surface area contributed by atoms with E-state index in [0.29, 0.717) is 11.8 Å². The number of nitrogens with zero attached hydrogens (tertiary/aromatic N) is 1. The lowest BCUT2D eigenvalue weighted by Gasteiger charge is -2.60. The highest BCUT2D eigenvalue weighted by Crippen LogP contribution is 2.58. The van der Waals surface area contributed by atoms with Crippen LogP contribution in [-0.4, -0.2) is 11.8 Å². The fourth-order valence-corrected chi connectivity index (χ4v) is 4.54. The second-order valence-corrected chi connectivity index (χ2v) is 5.78. The summed E-state index contributed by atoms with van der Waals surface area (Å²) in [5, 5.41) is 4.28. The van der Waals surface area contributed by atoms with Gasteiger partial charge in [0.15, 0.2) is 0 Å². The monoisotopic (exact) mass is 204 g/mol. The van der Waals surface area contributed by atoms with Gasteiger partial charge in [0.05, 0.1) is 5.54 Å². The highest BCUT2D eigenvalue weighted by atomic mass is 15.3. The molecule has 5 rings (SSSR count). The van der Waals surface area contributed by atoms with Crippen LogP contribution < -0.4 is 5.43 Å². The molecule has 0 aromatic rings. The van der Waals surface area contributed by atoms with Crippen molar-refractivity contribution in [2.45, 2.75) is 37.6 Å². The molecule has 2 nitrogen and oxygen atoms in total. The highest BCUT2D eigenvalue weighted by molar-refractivity contribution is 5.72. The fraction of sp³-hybridized carbons (Fsp3) is 0.769. The molecule has 2 unspecified atom stereocenters. The van der Waals surface area contributed by atoms with Crippen molar-refractivity contribution in [3.8, 4) is 0 Å². The van der Waals surface area contributed by atoms with Crippen LogP contribution in [0.1, 0.15) is 33.5 Å². The molecule has 0 saturated heterocycles. The van der Waals surface area contributed by atoms with E-state index in [1.54, 1.807) is 0 Å². The molecule has 1 heterocycles. The zero-order valence-corrected chi connectivity index (χ0v) is 8.95. The van der Waals surface area contributed by atoms with Crippen molar-refractivity contribution >= 4 is 6.21 Å². The summed E-state index contributed by atoms with van der Waals surface area (Å²) < 4.78 is 8.52. The maximum absolute atomic E-state index is 8.52. The van der Waals surface area contributed by atoms with Gasteiger partial charge in [-0.1, -0.05) is 6.08 Å². The lowest BCUT2D eigenvalue weighted by Crippen LogP contribution is -2.63. The molecule has 80 valence electrons. The van der Waals surface area contributed by atoms with E-state index in [1.165, 1.54) is 12.8 Å². The van der Waals surface area contributed by atoms with Gasteiger partial charge < -0.3 is 0 Å². The topological polar surface area (TPSA) is 24.4 Å². The van der Waals surface area contributed by atoms with Crippen LogP contribution in [-0.2, 0) is 0 Å². The molecule has 1 spiro atoms. The Kier molecular flexibility index (Phi) is 1.33. The van der Waals surface area contributed by atoms with Gasteiger partial charge >= 0.3 is 0 Å². The third kappa shape index (κ3) is 0.977. The zero-order valence-electron chi connectivity index (χ0n) is 9.95. The zero-order chi connectivity index (χ0) is 10.8. The molecule has 2 atom stereocenters. The summed E-state index contributed by atoms with van der Waals surface area (Å²) in [4.78, 5) is 0. The molecule has 0 aromatic heterocycles. The second-order valence-electron chi connectivity index (χ2n) is 5.78. The van der Waals surface area contributed by atoms with Crippen molar-refractivity contribution < 1.29 is 1.37 Å². The van der Waals surface area contributed by atoms with E-state index in [4.69, 9.17) is 1.37 Å². The molecule has 1 N–H and O–H groups in total. The van der Waals surface area contributed by atoms with Crippen LogP contribution in [0.3, 0.4) is 0 Å². The van der Waals surface area contributed by atoms with Crippen LogP contribution in [0.15, 0.2) is 17.3 Å². The Bertz CT molecular complexity index is 371. The van der Waals surface area contributed by atoms with E-state index in [0.717, 1.165) is 25.2 Å². The van der Waals surface area contributed by atoms with E-state index in [2.05, 4.69) is 22.7 Å². The van der Waals surface area contributed by atoms with Gasteiger partial charge in [-0.05, 0) is 61.8 Å². The van der Waals surface area contributed by atoms with Crippen LogP contribution >= 0.6 is 0 Å². The van der Waals surface area contributed by atoms with E-state index < -0.39 is 0 Å². The van der Waals surface area contributed by atoms with Crippen molar-refractivity contribution in [3.63, 3.8) is 0 Å². The predicted molar refractivity (Wildman–Crippen MR) is 60.5 cm³/mol. The van der Waals surface area contributed by atoms with E-state index in [9.17, 15) is 0 Å². The van der Waals surface area contributed by atoms with Crippen molar-refractivity contribution in [3.05, 3.63) is 12.2 Å². The van der Waals surface area contributed by atoms with Crippen LogP contribution in [0.5, 0.6) is 0 Å². The lowest BCUT2D eigenvalue weighted by atomic mass is 9.48. The average Bonchev–Trinajstić information content (AvgIpc) is 2.25. The third-order valence-electron chi connectivity index (χ3n) is 5.03. The predicted octanol–water partition coefficient (Wildman–Crippen LogP) is 2.33. The van der Waals surface area contributed by atoms with Crippen LogP contribution in [0.25, 0.3) is 0 Å². The first-order valence-corrected chi connectivity index (χ1v) is 6.18. The van der Waals surface area contributed by atoms with Gasteiger partial charge in [0.1, 0.15) is 0 Å². The van der Waals surface area contributed by atoms with Crippen molar-refractivity contribution in [1.29, 1.82) is 0 Å². The number of hydrogen-bond donors (Lipinski definition) is 1. The fourth-order valence-electron chi connectivity index (χ4n) is 4.54. The molecule has 2 heteroatoms. The standard InChI is InChI=1S/C13H18N2/c1-2-13(15-14-3-1)11-5-9-4-10(7-11)8-12(13)6-9/h1-3,9-12,15H,4-8H2/i9T. The summed E-state index contributed by atoms with van der Waals surface area (Å²) in [6.45, 7) is 0. The summed E-state index contributed by atoms with van der Waals surface area (Å²) >= 11 is 0. The lowest BCUT2D eigenvalue weighted by molar-refractivity contribution is -0.0503. The molecular formula is C13H18N2. The van der Waals surface area contributed by atoms with Gasteiger partial charge in [0.2, 0.25) is 0 Å². The largest absolute Gasteiger partial charge is 0.300 e. The Hall–Kier alpha value is -0.790. The molecule has 0 aromatic carbocycles. The second kappa shape index (κ2) is 2.66. The van der Waals surface area contributed by atoms with Gasteiger partial charge in [-0.15, -0.1) is 0 Å². The van der Waals surface area contributed by atoms with Crippen molar-refractivity contribution in [2.24, 2.45) is 28.7 Å². The normalized spacial score (nSPS) is 60.8. The minimum Gasteiger partial charge on any atom is -0.300 e. The molecular weight excluding hydrogens is 184 g/mol. The van der Waals surface area contributed by atoms with Gasteiger partial charge in [-0.25, -0.2) is 0 Å².